The van der Waals surface area contributed by atoms with Gasteiger partial charge in [0.15, 0.2) is 5.78 Å². The first-order valence-electron chi connectivity index (χ1n) is 5.71. The molecule has 1 nitrogen and oxygen atoms in total. The van der Waals surface area contributed by atoms with Crippen molar-refractivity contribution >= 4 is 21.7 Å². The van der Waals surface area contributed by atoms with Gasteiger partial charge in [0.2, 0.25) is 0 Å². The molecule has 0 radical (unpaired) electrons. The van der Waals surface area contributed by atoms with E-state index in [0.717, 1.165) is 10.5 Å². The fraction of sp³-hybridized carbons (Fsp3) is 0.133. The predicted octanol–water partition coefficient (Wildman–Crippen LogP) is 4.46. The van der Waals surface area contributed by atoms with Crippen molar-refractivity contribution in [1.29, 1.82) is 0 Å². The van der Waals surface area contributed by atoms with Gasteiger partial charge in [-0.25, -0.2) is 8.78 Å². The molecule has 2 aromatic rings. The molecule has 0 fully saturated rings. The smallest absolute Gasteiger partial charge is 0.173 e. The van der Waals surface area contributed by atoms with E-state index in [9.17, 15) is 13.6 Å². The molecule has 0 atom stereocenters. The lowest BCUT2D eigenvalue weighted by molar-refractivity contribution is 0.0984. The third-order valence-corrected chi connectivity index (χ3v) is 3.31. The minimum absolute atomic E-state index is 0.0310. The van der Waals surface area contributed by atoms with Crippen LogP contribution in [0.4, 0.5) is 8.78 Å². The van der Waals surface area contributed by atoms with E-state index in [4.69, 9.17) is 0 Å². The molecular weight excluding hydrogens is 314 g/mol. The average Bonchev–Trinajstić information content (AvgIpc) is 2.34. The van der Waals surface area contributed by atoms with Gasteiger partial charge in [0.1, 0.15) is 11.6 Å². The largest absolute Gasteiger partial charge is 0.294 e. The topological polar surface area (TPSA) is 17.1 Å². The fourth-order valence-electron chi connectivity index (χ4n) is 1.83. The summed E-state index contributed by atoms with van der Waals surface area (Å²) in [6.45, 7) is 1.50. The highest BCUT2D eigenvalue weighted by molar-refractivity contribution is 9.10. The van der Waals surface area contributed by atoms with Gasteiger partial charge >= 0.3 is 0 Å². The Morgan fingerprint density at radius 1 is 1.21 bits per heavy atom. The van der Waals surface area contributed by atoms with Crippen LogP contribution in [0.5, 0.6) is 0 Å². The molecule has 0 aliphatic rings. The summed E-state index contributed by atoms with van der Waals surface area (Å²) in [4.78, 5) is 12.0. The van der Waals surface area contributed by atoms with Gasteiger partial charge in [-0.1, -0.05) is 34.1 Å². The SMILES string of the molecule is Cc1ccc(F)c(C(=O)Cc2cccc(Br)c2)c1F. The normalized spacial score (nSPS) is 10.5. The zero-order valence-corrected chi connectivity index (χ0v) is 11.8. The van der Waals surface area contributed by atoms with Gasteiger partial charge in [0.05, 0.1) is 5.56 Å². The quantitative estimate of drug-likeness (QED) is 0.762. The summed E-state index contributed by atoms with van der Waals surface area (Å²) < 4.78 is 28.2. The molecule has 0 amide bonds. The maximum atomic E-state index is 13.8. The molecule has 0 saturated heterocycles. The van der Waals surface area contributed by atoms with Crippen molar-refractivity contribution in [1.82, 2.24) is 0 Å². The van der Waals surface area contributed by atoms with Crippen molar-refractivity contribution in [2.75, 3.05) is 0 Å². The number of aryl methyl sites for hydroxylation is 1. The van der Waals surface area contributed by atoms with E-state index < -0.39 is 23.0 Å². The van der Waals surface area contributed by atoms with Gasteiger partial charge in [-0.2, -0.15) is 0 Å². The zero-order valence-electron chi connectivity index (χ0n) is 10.2. The summed E-state index contributed by atoms with van der Waals surface area (Å²) >= 11 is 3.29. The molecule has 4 heteroatoms. The Morgan fingerprint density at radius 2 is 1.95 bits per heavy atom. The van der Waals surface area contributed by atoms with Crippen LogP contribution in [0.15, 0.2) is 40.9 Å². The summed E-state index contributed by atoms with van der Waals surface area (Å²) in [6.07, 6.45) is -0.0310. The van der Waals surface area contributed by atoms with Crippen LogP contribution in [0.3, 0.4) is 0 Å². The van der Waals surface area contributed by atoms with Crippen LogP contribution >= 0.6 is 15.9 Å². The van der Waals surface area contributed by atoms with Gasteiger partial charge in [-0.15, -0.1) is 0 Å². The molecule has 0 saturated carbocycles. The lowest BCUT2D eigenvalue weighted by Crippen LogP contribution is -2.10. The third kappa shape index (κ3) is 3.07. The minimum Gasteiger partial charge on any atom is -0.294 e. The van der Waals surface area contributed by atoms with E-state index >= 15 is 0 Å². The second kappa shape index (κ2) is 5.61. The van der Waals surface area contributed by atoms with Crippen LogP contribution < -0.4 is 0 Å². The van der Waals surface area contributed by atoms with E-state index in [0.29, 0.717) is 5.56 Å². The molecule has 2 rings (SSSR count). The van der Waals surface area contributed by atoms with Crippen LogP contribution in [0, 0.1) is 18.6 Å². The standard InChI is InChI=1S/C15H11BrF2O/c1-9-5-6-12(17)14(15(9)18)13(19)8-10-3-2-4-11(16)7-10/h2-7H,8H2,1H3. The van der Waals surface area contributed by atoms with Crippen molar-refractivity contribution < 1.29 is 13.6 Å². The Kier molecular flexibility index (Phi) is 4.10. The van der Waals surface area contributed by atoms with Gasteiger partial charge in [-0.05, 0) is 36.2 Å². The van der Waals surface area contributed by atoms with Crippen molar-refractivity contribution in [2.45, 2.75) is 13.3 Å². The Bertz CT molecular complexity index is 638. The average molecular weight is 325 g/mol. The minimum atomic E-state index is -0.817. The summed E-state index contributed by atoms with van der Waals surface area (Å²) in [6, 6.07) is 9.53. The first-order chi connectivity index (χ1) is 8.99. The zero-order chi connectivity index (χ0) is 14.0. The highest BCUT2D eigenvalue weighted by Gasteiger charge is 2.19. The number of hydrogen-bond donors (Lipinski definition) is 0. The molecule has 0 aliphatic carbocycles. The first kappa shape index (κ1) is 13.9. The maximum Gasteiger partial charge on any atom is 0.173 e. The summed E-state index contributed by atoms with van der Waals surface area (Å²) in [7, 11) is 0. The Balaban J connectivity index is 2.33. The number of Topliss-reactive ketones (excluding diaryl/α,β-unsaturated/α-hetero) is 1. The number of carbonyl (C=O) groups is 1. The van der Waals surface area contributed by atoms with Crippen LogP contribution in [-0.4, -0.2) is 5.78 Å². The van der Waals surface area contributed by atoms with Crippen molar-refractivity contribution in [3.05, 3.63) is 69.2 Å². The van der Waals surface area contributed by atoms with Crippen molar-refractivity contribution in [3.63, 3.8) is 0 Å². The second-order valence-corrected chi connectivity index (χ2v) is 5.20. The maximum absolute atomic E-state index is 13.8. The second-order valence-electron chi connectivity index (χ2n) is 4.28. The molecule has 19 heavy (non-hydrogen) atoms. The first-order valence-corrected chi connectivity index (χ1v) is 6.50. The molecular formula is C15H11BrF2O. The van der Waals surface area contributed by atoms with E-state index in [1.807, 2.05) is 6.07 Å². The highest BCUT2D eigenvalue weighted by atomic mass is 79.9. The van der Waals surface area contributed by atoms with E-state index in [-0.39, 0.29) is 12.0 Å². The van der Waals surface area contributed by atoms with Crippen molar-refractivity contribution in [3.8, 4) is 0 Å². The molecule has 0 unspecified atom stereocenters. The molecule has 0 spiro atoms. The van der Waals surface area contributed by atoms with Crippen LogP contribution in [0.1, 0.15) is 21.5 Å². The number of ketones is 1. The van der Waals surface area contributed by atoms with Gasteiger partial charge in [-0.3, -0.25) is 4.79 Å². The van der Waals surface area contributed by atoms with E-state index in [1.54, 1.807) is 18.2 Å². The van der Waals surface area contributed by atoms with Crippen LogP contribution in [-0.2, 0) is 6.42 Å². The number of benzene rings is 2. The Morgan fingerprint density at radius 3 is 2.63 bits per heavy atom. The summed E-state index contributed by atoms with van der Waals surface area (Å²) in [5, 5.41) is 0. The molecule has 0 heterocycles. The fourth-order valence-corrected chi connectivity index (χ4v) is 2.28. The van der Waals surface area contributed by atoms with Crippen molar-refractivity contribution in [2.24, 2.45) is 0 Å². The lowest BCUT2D eigenvalue weighted by Gasteiger charge is -2.07. The summed E-state index contributed by atoms with van der Waals surface area (Å²) in [5.41, 5.74) is 0.513. The molecule has 98 valence electrons. The number of carbonyl (C=O) groups excluding carboxylic acids is 1. The molecule has 0 N–H and O–H groups in total. The molecule has 0 aromatic heterocycles. The molecule has 0 aliphatic heterocycles. The van der Waals surface area contributed by atoms with Crippen LogP contribution in [0.2, 0.25) is 0 Å². The number of halogens is 3. The lowest BCUT2D eigenvalue weighted by atomic mass is 10.0. The number of hydrogen-bond acceptors (Lipinski definition) is 1. The van der Waals surface area contributed by atoms with E-state index in [2.05, 4.69) is 15.9 Å². The monoisotopic (exact) mass is 324 g/mol. The van der Waals surface area contributed by atoms with Gasteiger partial charge in [0.25, 0.3) is 0 Å². The predicted molar refractivity (Wildman–Crippen MR) is 73.3 cm³/mol. The molecule has 0 bridgehead atoms. The number of rotatable bonds is 3. The van der Waals surface area contributed by atoms with Gasteiger partial charge in [0, 0.05) is 10.9 Å². The Hall–Kier alpha value is -1.55. The Labute approximate surface area is 118 Å². The van der Waals surface area contributed by atoms with Crippen LogP contribution in [0.25, 0.3) is 0 Å². The third-order valence-electron chi connectivity index (χ3n) is 2.82. The summed E-state index contributed by atoms with van der Waals surface area (Å²) in [5.74, 6) is -2.15. The highest BCUT2D eigenvalue weighted by Crippen LogP contribution is 2.19. The molecule has 2 aromatic carbocycles. The van der Waals surface area contributed by atoms with Gasteiger partial charge < -0.3 is 0 Å². The van der Waals surface area contributed by atoms with E-state index in [1.165, 1.54) is 13.0 Å².